The summed E-state index contributed by atoms with van der Waals surface area (Å²) in [6, 6.07) is 4.33. The minimum atomic E-state index is 0.383. The fourth-order valence-electron chi connectivity index (χ4n) is 2.43. The second-order valence-electron chi connectivity index (χ2n) is 5.49. The molecular weight excluding hydrogens is 270 g/mol. The van der Waals surface area contributed by atoms with E-state index in [1.807, 2.05) is 19.1 Å². The van der Waals surface area contributed by atoms with Crippen LogP contribution in [0.1, 0.15) is 11.3 Å². The van der Waals surface area contributed by atoms with Gasteiger partial charge in [-0.3, -0.25) is 4.90 Å². The molecule has 2 heterocycles. The van der Waals surface area contributed by atoms with Crippen molar-refractivity contribution in [1.29, 1.82) is 0 Å². The van der Waals surface area contributed by atoms with E-state index >= 15 is 0 Å². The van der Waals surface area contributed by atoms with Crippen molar-refractivity contribution >= 4 is 23.0 Å². The fraction of sp³-hybridized carbons (Fsp3) is 0.571. The van der Waals surface area contributed by atoms with Gasteiger partial charge in [0.2, 0.25) is 0 Å². The minimum absolute atomic E-state index is 0.383. The van der Waals surface area contributed by atoms with E-state index in [-0.39, 0.29) is 0 Å². The Hall–Kier alpha value is -1.24. The van der Waals surface area contributed by atoms with Crippen molar-refractivity contribution in [3.8, 4) is 0 Å². The lowest BCUT2D eigenvalue weighted by molar-refractivity contribution is 0.122. The van der Waals surface area contributed by atoms with E-state index in [0.717, 1.165) is 43.3 Å². The monoisotopic (exact) mass is 293 g/mol. The summed E-state index contributed by atoms with van der Waals surface area (Å²) in [6.45, 7) is 6.07. The zero-order chi connectivity index (χ0) is 14.7. The number of thiocarbonyl (C=S) groups is 1. The average molecular weight is 293 g/mol. The maximum Gasteiger partial charge on any atom is 0.136 e. The Morgan fingerprint density at radius 2 is 2.20 bits per heavy atom. The van der Waals surface area contributed by atoms with E-state index in [4.69, 9.17) is 18.0 Å². The predicted octanol–water partition coefficient (Wildman–Crippen LogP) is 0.682. The van der Waals surface area contributed by atoms with E-state index in [1.54, 1.807) is 0 Å². The van der Waals surface area contributed by atoms with E-state index < -0.39 is 0 Å². The molecule has 0 spiro atoms. The first-order chi connectivity index (χ1) is 9.47. The van der Waals surface area contributed by atoms with Crippen LogP contribution in [0.2, 0.25) is 0 Å². The van der Waals surface area contributed by atoms with Crippen LogP contribution in [0, 0.1) is 6.92 Å². The number of nitrogens with zero attached hydrogens (tertiary/aromatic N) is 3. The standard InChI is InChI=1S/C14H23N5S/c1-10-4-5-12(13(15)20)14(17-10)16-8-11-9-18(2)6-7-19(11)3/h4-5,11H,6-9H2,1-3H3,(H2,15,20)(H,16,17). The summed E-state index contributed by atoms with van der Waals surface area (Å²) in [5.74, 6) is 0.791. The first-order valence-electron chi connectivity index (χ1n) is 6.87. The molecule has 0 radical (unpaired) electrons. The van der Waals surface area contributed by atoms with Crippen molar-refractivity contribution in [2.24, 2.45) is 5.73 Å². The third-order valence-electron chi connectivity index (χ3n) is 3.79. The van der Waals surface area contributed by atoms with Gasteiger partial charge in [0.1, 0.15) is 10.8 Å². The van der Waals surface area contributed by atoms with Gasteiger partial charge in [0.05, 0.1) is 5.56 Å². The van der Waals surface area contributed by atoms with Crippen LogP contribution in [0.4, 0.5) is 5.82 Å². The molecule has 1 aromatic heterocycles. The van der Waals surface area contributed by atoms with Crippen molar-refractivity contribution in [3.63, 3.8) is 0 Å². The molecule has 1 atom stereocenters. The smallest absolute Gasteiger partial charge is 0.136 e. The van der Waals surface area contributed by atoms with Crippen LogP contribution < -0.4 is 11.1 Å². The van der Waals surface area contributed by atoms with Crippen molar-refractivity contribution < 1.29 is 0 Å². The second kappa shape index (κ2) is 6.47. The molecule has 0 aliphatic carbocycles. The van der Waals surface area contributed by atoms with E-state index in [9.17, 15) is 0 Å². The molecule has 1 unspecified atom stereocenters. The van der Waals surface area contributed by atoms with E-state index in [1.165, 1.54) is 0 Å². The Balaban J connectivity index is 2.06. The molecular formula is C14H23N5S. The molecule has 1 fully saturated rings. The second-order valence-corrected chi connectivity index (χ2v) is 5.93. The predicted molar refractivity (Wildman–Crippen MR) is 87.3 cm³/mol. The van der Waals surface area contributed by atoms with Crippen molar-refractivity contribution in [1.82, 2.24) is 14.8 Å². The van der Waals surface area contributed by atoms with Crippen LogP contribution in [0.3, 0.4) is 0 Å². The Labute approximate surface area is 126 Å². The van der Waals surface area contributed by atoms with Crippen LogP contribution in [0.5, 0.6) is 0 Å². The number of nitrogens with two attached hydrogens (primary N) is 1. The Morgan fingerprint density at radius 3 is 2.90 bits per heavy atom. The lowest BCUT2D eigenvalue weighted by Crippen LogP contribution is -2.52. The van der Waals surface area contributed by atoms with Gasteiger partial charge in [-0.05, 0) is 33.2 Å². The summed E-state index contributed by atoms with van der Waals surface area (Å²) in [5, 5.41) is 3.41. The first kappa shape index (κ1) is 15.2. The van der Waals surface area contributed by atoms with Crippen LogP contribution >= 0.6 is 12.2 Å². The summed E-state index contributed by atoms with van der Waals surface area (Å²) in [5.41, 5.74) is 7.53. The van der Waals surface area contributed by atoms with Crippen LogP contribution in [0.15, 0.2) is 12.1 Å². The van der Waals surface area contributed by atoms with Crippen LogP contribution in [-0.2, 0) is 0 Å². The molecule has 0 amide bonds. The van der Waals surface area contributed by atoms with Crippen LogP contribution in [-0.4, -0.2) is 66.1 Å². The SMILES string of the molecule is Cc1ccc(C(N)=S)c(NCC2CN(C)CCN2C)n1. The highest BCUT2D eigenvalue weighted by atomic mass is 32.1. The van der Waals surface area contributed by atoms with Gasteiger partial charge in [0, 0.05) is 37.9 Å². The summed E-state index contributed by atoms with van der Waals surface area (Å²) in [6.07, 6.45) is 0. The van der Waals surface area contributed by atoms with E-state index in [2.05, 4.69) is 34.2 Å². The molecule has 0 aromatic carbocycles. The molecule has 2 rings (SSSR count). The fourth-order valence-corrected chi connectivity index (χ4v) is 2.59. The number of anilines is 1. The molecule has 1 saturated heterocycles. The van der Waals surface area contributed by atoms with Gasteiger partial charge < -0.3 is 16.0 Å². The molecule has 6 heteroatoms. The number of nitrogens with one attached hydrogen (secondary N) is 1. The molecule has 5 nitrogen and oxygen atoms in total. The molecule has 1 aromatic rings. The highest BCUT2D eigenvalue weighted by Crippen LogP contribution is 2.14. The lowest BCUT2D eigenvalue weighted by Gasteiger charge is -2.37. The number of aryl methyl sites for hydroxylation is 1. The van der Waals surface area contributed by atoms with Gasteiger partial charge in [0.15, 0.2) is 0 Å². The quantitative estimate of drug-likeness (QED) is 0.796. The minimum Gasteiger partial charge on any atom is -0.389 e. The summed E-state index contributed by atoms with van der Waals surface area (Å²) >= 11 is 5.08. The number of pyridine rings is 1. The van der Waals surface area contributed by atoms with Crippen molar-refractivity contribution in [2.75, 3.05) is 45.6 Å². The topological polar surface area (TPSA) is 57.4 Å². The molecule has 1 aliphatic heterocycles. The molecule has 110 valence electrons. The highest BCUT2D eigenvalue weighted by Gasteiger charge is 2.22. The summed E-state index contributed by atoms with van der Waals surface area (Å²) in [4.78, 5) is 9.63. The number of piperazine rings is 1. The number of hydrogen-bond donors (Lipinski definition) is 2. The zero-order valence-electron chi connectivity index (χ0n) is 12.4. The number of hydrogen-bond acceptors (Lipinski definition) is 5. The molecule has 20 heavy (non-hydrogen) atoms. The van der Waals surface area contributed by atoms with Gasteiger partial charge in [-0.1, -0.05) is 12.2 Å². The third kappa shape index (κ3) is 3.65. The van der Waals surface area contributed by atoms with Gasteiger partial charge >= 0.3 is 0 Å². The van der Waals surface area contributed by atoms with Crippen molar-refractivity contribution in [3.05, 3.63) is 23.4 Å². The normalized spacial score (nSPS) is 20.9. The van der Waals surface area contributed by atoms with Gasteiger partial charge in [0.25, 0.3) is 0 Å². The Kier molecular flexibility index (Phi) is 4.91. The number of likely N-dealkylation sites (N-methyl/N-ethyl adjacent to an activating group) is 2. The third-order valence-corrected chi connectivity index (χ3v) is 4.01. The number of aromatic nitrogens is 1. The average Bonchev–Trinajstić information content (AvgIpc) is 2.39. The molecule has 1 aliphatic rings. The maximum atomic E-state index is 5.76. The molecule has 3 N–H and O–H groups in total. The molecule has 0 saturated carbocycles. The summed E-state index contributed by atoms with van der Waals surface area (Å²) in [7, 11) is 4.32. The zero-order valence-corrected chi connectivity index (χ0v) is 13.2. The van der Waals surface area contributed by atoms with Crippen molar-refractivity contribution in [2.45, 2.75) is 13.0 Å². The van der Waals surface area contributed by atoms with Gasteiger partial charge in [-0.2, -0.15) is 0 Å². The Bertz CT molecular complexity index is 490. The Morgan fingerprint density at radius 1 is 1.45 bits per heavy atom. The lowest BCUT2D eigenvalue weighted by atomic mass is 10.1. The maximum absolute atomic E-state index is 5.76. The van der Waals surface area contributed by atoms with Gasteiger partial charge in [-0.25, -0.2) is 4.98 Å². The first-order valence-corrected chi connectivity index (χ1v) is 7.28. The van der Waals surface area contributed by atoms with Crippen LogP contribution in [0.25, 0.3) is 0 Å². The number of rotatable bonds is 4. The largest absolute Gasteiger partial charge is 0.389 e. The molecule has 0 bridgehead atoms. The van der Waals surface area contributed by atoms with E-state index in [0.29, 0.717) is 11.0 Å². The summed E-state index contributed by atoms with van der Waals surface area (Å²) < 4.78 is 0. The highest BCUT2D eigenvalue weighted by molar-refractivity contribution is 7.80. The van der Waals surface area contributed by atoms with Gasteiger partial charge in [-0.15, -0.1) is 0 Å².